The van der Waals surface area contributed by atoms with E-state index < -0.39 is 11.5 Å². The Morgan fingerprint density at radius 2 is 1.95 bits per heavy atom. The average molecular weight is 262 g/mol. The van der Waals surface area contributed by atoms with Crippen LogP contribution in [-0.4, -0.2) is 41.7 Å². The lowest BCUT2D eigenvalue weighted by Gasteiger charge is -2.30. The van der Waals surface area contributed by atoms with Crippen LogP contribution in [0, 0.1) is 6.92 Å². The number of benzene rings is 1. The van der Waals surface area contributed by atoms with Gasteiger partial charge >= 0.3 is 5.97 Å². The number of hydrogen-bond donors (Lipinski definition) is 2. The van der Waals surface area contributed by atoms with Crippen molar-refractivity contribution in [1.29, 1.82) is 0 Å². The van der Waals surface area contributed by atoms with Gasteiger partial charge in [-0.2, -0.15) is 0 Å². The quantitative estimate of drug-likeness (QED) is 0.878. The van der Waals surface area contributed by atoms with E-state index in [1.807, 2.05) is 38.2 Å². The van der Waals surface area contributed by atoms with Crippen LogP contribution in [0.4, 0.5) is 5.69 Å². The Kier molecular flexibility index (Phi) is 4.10. The van der Waals surface area contributed by atoms with Crippen LogP contribution < -0.4 is 5.32 Å². The summed E-state index contributed by atoms with van der Waals surface area (Å²) in [7, 11) is 2.05. The lowest BCUT2D eigenvalue weighted by Crippen LogP contribution is -2.47. The first kappa shape index (κ1) is 13.9. The minimum absolute atomic E-state index is 0.632. The highest BCUT2D eigenvalue weighted by Gasteiger charge is 2.39. The predicted molar refractivity (Wildman–Crippen MR) is 76.5 cm³/mol. The average Bonchev–Trinajstić information content (AvgIpc) is 2.56. The highest BCUT2D eigenvalue weighted by molar-refractivity contribution is 5.82. The Morgan fingerprint density at radius 3 is 2.58 bits per heavy atom. The molecule has 0 saturated carbocycles. The summed E-state index contributed by atoms with van der Waals surface area (Å²) in [6.07, 6.45) is 2.20. The summed E-state index contributed by atoms with van der Waals surface area (Å²) in [6, 6.07) is 7.91. The van der Waals surface area contributed by atoms with Gasteiger partial charge < -0.3 is 15.3 Å². The van der Waals surface area contributed by atoms with Crippen molar-refractivity contribution < 1.29 is 9.90 Å². The fourth-order valence-corrected chi connectivity index (χ4v) is 2.57. The fraction of sp³-hybridized carbons (Fsp3) is 0.533. The van der Waals surface area contributed by atoms with Crippen molar-refractivity contribution in [3.05, 3.63) is 29.8 Å². The maximum atomic E-state index is 11.7. The Balaban J connectivity index is 2.19. The molecule has 2 rings (SSSR count). The van der Waals surface area contributed by atoms with Gasteiger partial charge in [-0.05, 0) is 51.9 Å². The first-order chi connectivity index (χ1) is 9.02. The van der Waals surface area contributed by atoms with E-state index in [0.29, 0.717) is 12.8 Å². The van der Waals surface area contributed by atoms with E-state index in [2.05, 4.69) is 10.2 Å². The Morgan fingerprint density at radius 1 is 1.26 bits per heavy atom. The summed E-state index contributed by atoms with van der Waals surface area (Å²) < 4.78 is 0. The normalized spacial score (nSPS) is 24.7. The van der Waals surface area contributed by atoms with Crippen LogP contribution in [0.5, 0.6) is 0 Å². The van der Waals surface area contributed by atoms with Crippen molar-refractivity contribution in [2.45, 2.75) is 31.7 Å². The summed E-state index contributed by atoms with van der Waals surface area (Å²) in [5.41, 5.74) is 1.23. The van der Waals surface area contributed by atoms with E-state index in [1.165, 1.54) is 5.56 Å². The summed E-state index contributed by atoms with van der Waals surface area (Å²) in [5.74, 6) is -0.747. The van der Waals surface area contributed by atoms with Crippen LogP contribution >= 0.6 is 0 Å². The molecular formula is C15H22N2O2. The van der Waals surface area contributed by atoms with Crippen molar-refractivity contribution in [2.75, 3.05) is 25.5 Å². The molecule has 1 aliphatic rings. The van der Waals surface area contributed by atoms with Crippen LogP contribution in [-0.2, 0) is 4.79 Å². The van der Waals surface area contributed by atoms with E-state index in [9.17, 15) is 9.90 Å². The van der Waals surface area contributed by atoms with Crippen LogP contribution in [0.25, 0.3) is 0 Å². The Hall–Kier alpha value is -1.55. The molecule has 1 unspecified atom stereocenters. The third-order valence-corrected chi connectivity index (χ3v) is 3.91. The van der Waals surface area contributed by atoms with Crippen LogP contribution in [0.1, 0.15) is 24.8 Å². The minimum atomic E-state index is -0.833. The van der Waals surface area contributed by atoms with Crippen molar-refractivity contribution in [2.24, 2.45) is 0 Å². The number of anilines is 1. The number of carbonyl (C=O) groups is 1. The molecule has 0 bridgehead atoms. The Bertz CT molecular complexity index is 444. The van der Waals surface area contributed by atoms with Gasteiger partial charge in [0.15, 0.2) is 0 Å². The largest absolute Gasteiger partial charge is 0.480 e. The molecule has 104 valence electrons. The SMILES string of the molecule is Cc1ccc(NC2(C(=O)O)CCCN(C)CC2)cc1. The summed E-state index contributed by atoms with van der Waals surface area (Å²) in [6.45, 7) is 3.80. The van der Waals surface area contributed by atoms with Gasteiger partial charge in [-0.15, -0.1) is 0 Å². The maximum Gasteiger partial charge on any atom is 0.329 e. The van der Waals surface area contributed by atoms with Crippen molar-refractivity contribution in [1.82, 2.24) is 4.90 Å². The van der Waals surface area contributed by atoms with E-state index in [0.717, 1.165) is 25.2 Å². The number of carboxylic acids is 1. The monoisotopic (exact) mass is 262 g/mol. The summed E-state index contributed by atoms with van der Waals surface area (Å²) >= 11 is 0. The van der Waals surface area contributed by atoms with Gasteiger partial charge in [0.05, 0.1) is 0 Å². The van der Waals surface area contributed by atoms with Gasteiger partial charge in [-0.1, -0.05) is 17.7 Å². The van der Waals surface area contributed by atoms with E-state index >= 15 is 0 Å². The van der Waals surface area contributed by atoms with Gasteiger partial charge in [0, 0.05) is 12.2 Å². The zero-order valence-corrected chi connectivity index (χ0v) is 11.6. The lowest BCUT2D eigenvalue weighted by atomic mass is 9.90. The zero-order valence-electron chi connectivity index (χ0n) is 11.6. The molecule has 19 heavy (non-hydrogen) atoms. The smallest absolute Gasteiger partial charge is 0.329 e. The molecule has 0 aromatic heterocycles. The number of aliphatic carboxylic acids is 1. The number of carboxylic acid groups (broad SMARTS) is 1. The van der Waals surface area contributed by atoms with E-state index in [4.69, 9.17) is 0 Å². The summed E-state index contributed by atoms with van der Waals surface area (Å²) in [5, 5.41) is 12.9. The topological polar surface area (TPSA) is 52.6 Å². The van der Waals surface area contributed by atoms with Crippen LogP contribution in [0.15, 0.2) is 24.3 Å². The molecule has 0 amide bonds. The molecule has 0 radical (unpaired) electrons. The summed E-state index contributed by atoms with van der Waals surface area (Å²) in [4.78, 5) is 13.9. The van der Waals surface area contributed by atoms with Crippen LogP contribution in [0.3, 0.4) is 0 Å². The molecule has 1 heterocycles. The third kappa shape index (κ3) is 3.26. The lowest BCUT2D eigenvalue weighted by molar-refractivity contribution is -0.142. The number of nitrogens with zero attached hydrogens (tertiary/aromatic N) is 1. The second kappa shape index (κ2) is 5.61. The number of nitrogens with one attached hydrogen (secondary N) is 1. The van der Waals surface area contributed by atoms with Crippen LogP contribution in [0.2, 0.25) is 0 Å². The second-order valence-electron chi connectivity index (χ2n) is 5.54. The molecule has 1 atom stereocenters. The molecule has 2 N–H and O–H groups in total. The highest BCUT2D eigenvalue weighted by atomic mass is 16.4. The number of hydrogen-bond acceptors (Lipinski definition) is 3. The van der Waals surface area contributed by atoms with E-state index in [-0.39, 0.29) is 0 Å². The van der Waals surface area contributed by atoms with Crippen molar-refractivity contribution in [3.8, 4) is 0 Å². The van der Waals surface area contributed by atoms with Crippen molar-refractivity contribution >= 4 is 11.7 Å². The second-order valence-corrected chi connectivity index (χ2v) is 5.54. The Labute approximate surface area is 114 Å². The molecule has 1 aromatic rings. The molecule has 1 aromatic carbocycles. The molecule has 0 aliphatic carbocycles. The molecule has 0 spiro atoms. The number of rotatable bonds is 3. The fourth-order valence-electron chi connectivity index (χ4n) is 2.57. The van der Waals surface area contributed by atoms with Crippen molar-refractivity contribution in [3.63, 3.8) is 0 Å². The van der Waals surface area contributed by atoms with Gasteiger partial charge in [-0.3, -0.25) is 0 Å². The third-order valence-electron chi connectivity index (χ3n) is 3.91. The first-order valence-electron chi connectivity index (χ1n) is 6.79. The molecule has 1 saturated heterocycles. The standard InChI is InChI=1S/C15H22N2O2/c1-12-4-6-13(7-5-12)16-15(14(18)19)8-3-10-17(2)11-9-15/h4-7,16H,3,8-11H2,1-2H3,(H,18,19). The number of likely N-dealkylation sites (tertiary alicyclic amines) is 1. The molecule has 4 nitrogen and oxygen atoms in total. The molecule has 1 fully saturated rings. The molecule has 4 heteroatoms. The maximum absolute atomic E-state index is 11.7. The minimum Gasteiger partial charge on any atom is -0.480 e. The zero-order chi connectivity index (χ0) is 13.9. The van der Waals surface area contributed by atoms with Gasteiger partial charge in [0.25, 0.3) is 0 Å². The van der Waals surface area contributed by atoms with Gasteiger partial charge in [0.1, 0.15) is 5.54 Å². The first-order valence-corrected chi connectivity index (χ1v) is 6.79. The highest BCUT2D eigenvalue weighted by Crippen LogP contribution is 2.27. The molecule has 1 aliphatic heterocycles. The van der Waals surface area contributed by atoms with Gasteiger partial charge in [0.2, 0.25) is 0 Å². The number of aryl methyl sites for hydroxylation is 1. The van der Waals surface area contributed by atoms with E-state index in [1.54, 1.807) is 0 Å². The molecular weight excluding hydrogens is 240 g/mol. The van der Waals surface area contributed by atoms with Gasteiger partial charge in [-0.25, -0.2) is 4.79 Å². The predicted octanol–water partition coefficient (Wildman–Crippen LogP) is 2.35.